The van der Waals surface area contributed by atoms with Crippen LogP contribution in [0.3, 0.4) is 0 Å². The van der Waals surface area contributed by atoms with Gasteiger partial charge in [0.1, 0.15) is 24.7 Å². The maximum atomic E-state index is 5.82. The van der Waals surface area contributed by atoms with Gasteiger partial charge in [-0.2, -0.15) is 0 Å². The van der Waals surface area contributed by atoms with Crippen LogP contribution < -0.4 is 15.2 Å². The topological polar surface area (TPSA) is 44.5 Å². The quantitative estimate of drug-likeness (QED) is 0.647. The van der Waals surface area contributed by atoms with Crippen LogP contribution in [0.2, 0.25) is 5.02 Å². The summed E-state index contributed by atoms with van der Waals surface area (Å²) in [6.45, 7) is 3.02. The van der Waals surface area contributed by atoms with Crippen LogP contribution in [0.4, 0.5) is 5.69 Å². The van der Waals surface area contributed by atoms with Gasteiger partial charge in [0.05, 0.1) is 5.69 Å². The molecule has 3 nitrogen and oxygen atoms in total. The van der Waals surface area contributed by atoms with Gasteiger partial charge in [-0.05, 0) is 42.3 Å². The van der Waals surface area contributed by atoms with E-state index in [2.05, 4.69) is 19.1 Å². The zero-order valence-corrected chi connectivity index (χ0v) is 12.2. The predicted octanol–water partition coefficient (Wildman–Crippen LogP) is 3.94. The minimum Gasteiger partial charge on any atom is -0.490 e. The van der Waals surface area contributed by atoms with Crippen molar-refractivity contribution in [3.05, 3.63) is 53.1 Å². The number of anilines is 1. The summed E-state index contributed by atoms with van der Waals surface area (Å²) >= 11 is 5.82. The van der Waals surface area contributed by atoms with Crippen molar-refractivity contribution < 1.29 is 9.47 Å². The lowest BCUT2D eigenvalue weighted by atomic mass is 10.2. The Bertz CT molecular complexity index is 555. The molecule has 20 heavy (non-hydrogen) atoms. The molecule has 0 unspecified atom stereocenters. The Kier molecular flexibility index (Phi) is 5.13. The van der Waals surface area contributed by atoms with Gasteiger partial charge in [0, 0.05) is 5.02 Å². The molecular weight excluding hydrogens is 274 g/mol. The van der Waals surface area contributed by atoms with Gasteiger partial charge in [-0.3, -0.25) is 0 Å². The first-order chi connectivity index (χ1) is 9.69. The maximum absolute atomic E-state index is 5.82. The Morgan fingerprint density at radius 3 is 2.35 bits per heavy atom. The van der Waals surface area contributed by atoms with E-state index in [1.807, 2.05) is 12.1 Å². The molecule has 2 N–H and O–H groups in total. The molecule has 0 aliphatic heterocycles. The average Bonchev–Trinajstić information content (AvgIpc) is 2.46. The minimum atomic E-state index is 0.432. The van der Waals surface area contributed by atoms with Crippen molar-refractivity contribution in [1.29, 1.82) is 0 Å². The van der Waals surface area contributed by atoms with Crippen LogP contribution in [-0.2, 0) is 6.42 Å². The molecule has 2 aromatic carbocycles. The summed E-state index contributed by atoms with van der Waals surface area (Å²) in [4.78, 5) is 0. The Morgan fingerprint density at radius 1 is 1.00 bits per heavy atom. The third-order valence-electron chi connectivity index (χ3n) is 2.91. The third kappa shape index (κ3) is 4.07. The molecule has 2 rings (SSSR count). The molecule has 0 aromatic heterocycles. The summed E-state index contributed by atoms with van der Waals surface area (Å²) in [5.41, 5.74) is 7.62. The molecule has 4 heteroatoms. The fraction of sp³-hybridized carbons (Fsp3) is 0.250. The zero-order chi connectivity index (χ0) is 14.4. The van der Waals surface area contributed by atoms with E-state index in [-0.39, 0.29) is 0 Å². The van der Waals surface area contributed by atoms with Crippen molar-refractivity contribution in [2.24, 2.45) is 0 Å². The third-order valence-corrected chi connectivity index (χ3v) is 3.15. The average molecular weight is 292 g/mol. The van der Waals surface area contributed by atoms with Crippen molar-refractivity contribution in [2.45, 2.75) is 13.3 Å². The molecule has 106 valence electrons. The SMILES string of the molecule is CCc1ccc(OCCOc2ccc(Cl)cc2N)cc1. The number of ether oxygens (including phenoxy) is 2. The minimum absolute atomic E-state index is 0.432. The van der Waals surface area contributed by atoms with E-state index in [4.69, 9.17) is 26.8 Å². The second-order valence-electron chi connectivity index (χ2n) is 4.38. The van der Waals surface area contributed by atoms with Gasteiger partial charge in [0.15, 0.2) is 0 Å². The first kappa shape index (κ1) is 14.5. The number of hydrogen-bond donors (Lipinski definition) is 1. The summed E-state index contributed by atoms with van der Waals surface area (Å²) in [5.74, 6) is 1.47. The number of hydrogen-bond acceptors (Lipinski definition) is 3. The van der Waals surface area contributed by atoms with Crippen molar-refractivity contribution in [3.8, 4) is 11.5 Å². The molecule has 0 fully saturated rings. The highest BCUT2D eigenvalue weighted by molar-refractivity contribution is 6.30. The molecule has 2 aromatic rings. The van der Waals surface area contributed by atoms with Gasteiger partial charge in [-0.25, -0.2) is 0 Å². The number of halogens is 1. The fourth-order valence-electron chi connectivity index (χ4n) is 1.78. The van der Waals surface area contributed by atoms with Crippen LogP contribution in [0.1, 0.15) is 12.5 Å². The van der Waals surface area contributed by atoms with Crippen LogP contribution in [0.5, 0.6) is 11.5 Å². The van der Waals surface area contributed by atoms with Crippen molar-refractivity contribution >= 4 is 17.3 Å². The summed E-state index contributed by atoms with van der Waals surface area (Å²) in [5, 5.41) is 0.599. The van der Waals surface area contributed by atoms with Crippen LogP contribution in [0.25, 0.3) is 0 Å². The smallest absolute Gasteiger partial charge is 0.142 e. The molecule has 0 spiro atoms. The van der Waals surface area contributed by atoms with Crippen LogP contribution in [0, 0.1) is 0 Å². The van der Waals surface area contributed by atoms with Gasteiger partial charge in [0.2, 0.25) is 0 Å². The van der Waals surface area contributed by atoms with Gasteiger partial charge in [-0.1, -0.05) is 30.7 Å². The largest absolute Gasteiger partial charge is 0.490 e. The predicted molar refractivity (Wildman–Crippen MR) is 82.7 cm³/mol. The lowest BCUT2D eigenvalue weighted by molar-refractivity contribution is 0.218. The van der Waals surface area contributed by atoms with Gasteiger partial charge in [0.25, 0.3) is 0 Å². The molecule has 0 aliphatic carbocycles. The van der Waals surface area contributed by atoms with E-state index in [1.165, 1.54) is 5.56 Å². The first-order valence-corrected chi connectivity index (χ1v) is 6.96. The van der Waals surface area contributed by atoms with E-state index < -0.39 is 0 Å². The molecular formula is C16H18ClNO2. The summed E-state index contributed by atoms with van der Waals surface area (Å²) < 4.78 is 11.1. The Morgan fingerprint density at radius 2 is 1.70 bits per heavy atom. The summed E-state index contributed by atoms with van der Waals surface area (Å²) in [7, 11) is 0. The Balaban J connectivity index is 1.78. The Labute approximate surface area is 124 Å². The molecule has 0 saturated carbocycles. The summed E-state index contributed by atoms with van der Waals surface area (Å²) in [6.07, 6.45) is 1.03. The van der Waals surface area contributed by atoms with E-state index in [9.17, 15) is 0 Å². The lowest BCUT2D eigenvalue weighted by Crippen LogP contribution is -2.09. The van der Waals surface area contributed by atoms with Crippen LogP contribution in [0.15, 0.2) is 42.5 Å². The normalized spacial score (nSPS) is 10.3. The van der Waals surface area contributed by atoms with E-state index in [0.29, 0.717) is 29.7 Å². The standard InChI is InChI=1S/C16H18ClNO2/c1-2-12-3-6-14(7-4-12)19-9-10-20-16-8-5-13(17)11-15(16)18/h3-8,11H,2,9-10,18H2,1H3. The number of benzene rings is 2. The van der Waals surface area contributed by atoms with Crippen molar-refractivity contribution in [1.82, 2.24) is 0 Å². The highest BCUT2D eigenvalue weighted by Gasteiger charge is 2.01. The number of nitrogens with two attached hydrogens (primary N) is 1. The van der Waals surface area contributed by atoms with Gasteiger partial charge >= 0.3 is 0 Å². The summed E-state index contributed by atoms with van der Waals surface area (Å²) in [6, 6.07) is 13.2. The highest BCUT2D eigenvalue weighted by atomic mass is 35.5. The number of aryl methyl sites for hydroxylation is 1. The monoisotopic (exact) mass is 291 g/mol. The highest BCUT2D eigenvalue weighted by Crippen LogP contribution is 2.24. The molecule has 0 heterocycles. The lowest BCUT2D eigenvalue weighted by Gasteiger charge is -2.10. The molecule has 0 aliphatic rings. The fourth-order valence-corrected chi connectivity index (χ4v) is 1.96. The van der Waals surface area contributed by atoms with Crippen molar-refractivity contribution in [2.75, 3.05) is 18.9 Å². The number of rotatable bonds is 6. The molecule has 0 saturated heterocycles. The molecule has 0 bridgehead atoms. The van der Waals surface area contributed by atoms with Crippen LogP contribution in [-0.4, -0.2) is 13.2 Å². The second-order valence-corrected chi connectivity index (χ2v) is 4.81. The van der Waals surface area contributed by atoms with Crippen molar-refractivity contribution in [3.63, 3.8) is 0 Å². The maximum Gasteiger partial charge on any atom is 0.142 e. The van der Waals surface area contributed by atoms with Gasteiger partial charge in [-0.15, -0.1) is 0 Å². The van der Waals surface area contributed by atoms with E-state index >= 15 is 0 Å². The molecule has 0 atom stereocenters. The molecule has 0 amide bonds. The Hall–Kier alpha value is -1.87. The first-order valence-electron chi connectivity index (χ1n) is 6.58. The number of nitrogen functional groups attached to an aromatic ring is 1. The van der Waals surface area contributed by atoms with E-state index in [1.54, 1.807) is 18.2 Å². The van der Waals surface area contributed by atoms with E-state index in [0.717, 1.165) is 12.2 Å². The van der Waals surface area contributed by atoms with Gasteiger partial charge < -0.3 is 15.2 Å². The van der Waals surface area contributed by atoms with Crippen LogP contribution >= 0.6 is 11.6 Å². The second kappa shape index (κ2) is 7.06. The molecule has 0 radical (unpaired) electrons. The zero-order valence-electron chi connectivity index (χ0n) is 11.4.